The summed E-state index contributed by atoms with van der Waals surface area (Å²) >= 11 is 3.83. The van der Waals surface area contributed by atoms with Gasteiger partial charge in [0.1, 0.15) is 0 Å². The Labute approximate surface area is 246 Å². The van der Waals surface area contributed by atoms with E-state index in [1.54, 1.807) is 0 Å². The van der Waals surface area contributed by atoms with E-state index < -0.39 is 0 Å². The highest BCUT2D eigenvalue weighted by Gasteiger charge is 2.07. The van der Waals surface area contributed by atoms with Gasteiger partial charge in [-0.15, -0.1) is 22.7 Å². The van der Waals surface area contributed by atoms with Crippen LogP contribution in [0.2, 0.25) is 0 Å². The van der Waals surface area contributed by atoms with Crippen molar-refractivity contribution in [1.82, 2.24) is 0 Å². The fourth-order valence-corrected chi connectivity index (χ4v) is 7.42. The van der Waals surface area contributed by atoms with Crippen molar-refractivity contribution in [2.75, 3.05) is 0 Å². The monoisotopic (exact) mass is 554 g/mol. The number of hydrogen-bond donors (Lipinski definition) is 0. The SMILES string of the molecule is CCCc1ccc(-c2ccc(-c3ccc(-c4ccc(-c5ccc(-c6ccc(CCC)s6)cc5)cc4)cc3)cc2)s1. The lowest BCUT2D eigenvalue weighted by Crippen LogP contribution is -1.83. The first-order valence-electron chi connectivity index (χ1n) is 14.3. The van der Waals surface area contributed by atoms with Gasteiger partial charge >= 0.3 is 0 Å². The Balaban J connectivity index is 1.13. The molecule has 6 rings (SSSR count). The van der Waals surface area contributed by atoms with Crippen LogP contribution in [0.3, 0.4) is 0 Å². The van der Waals surface area contributed by atoms with Gasteiger partial charge in [-0.25, -0.2) is 0 Å². The second-order valence-corrected chi connectivity index (χ2v) is 12.7. The zero-order valence-electron chi connectivity index (χ0n) is 23.2. The second-order valence-electron chi connectivity index (χ2n) is 10.3. The third-order valence-electron chi connectivity index (χ3n) is 7.42. The van der Waals surface area contributed by atoms with E-state index in [2.05, 4.69) is 135 Å². The van der Waals surface area contributed by atoms with Crippen molar-refractivity contribution in [3.63, 3.8) is 0 Å². The average Bonchev–Trinajstić information content (AvgIpc) is 3.68. The molecule has 4 aromatic carbocycles. The Bertz CT molecular complexity index is 1530. The molecule has 2 heteroatoms. The first-order chi connectivity index (χ1) is 19.7. The second kappa shape index (κ2) is 12.2. The molecule has 0 unspecified atom stereocenters. The molecule has 6 aromatic rings. The maximum atomic E-state index is 2.27. The summed E-state index contributed by atoms with van der Waals surface area (Å²) in [6.45, 7) is 4.48. The van der Waals surface area contributed by atoms with E-state index in [1.165, 1.54) is 89.7 Å². The van der Waals surface area contributed by atoms with Gasteiger partial charge in [0.25, 0.3) is 0 Å². The lowest BCUT2D eigenvalue weighted by atomic mass is 9.97. The van der Waals surface area contributed by atoms with Crippen LogP contribution in [-0.4, -0.2) is 0 Å². The molecule has 198 valence electrons. The van der Waals surface area contributed by atoms with Crippen molar-refractivity contribution >= 4 is 22.7 Å². The molecule has 0 N–H and O–H groups in total. The molecule has 0 radical (unpaired) electrons. The first kappa shape index (κ1) is 26.5. The summed E-state index contributed by atoms with van der Waals surface area (Å²) in [7, 11) is 0. The summed E-state index contributed by atoms with van der Waals surface area (Å²) in [5, 5.41) is 0. The average molecular weight is 555 g/mol. The van der Waals surface area contributed by atoms with Crippen LogP contribution in [0.25, 0.3) is 54.3 Å². The van der Waals surface area contributed by atoms with Gasteiger partial charge in [-0.2, -0.15) is 0 Å². The van der Waals surface area contributed by atoms with Gasteiger partial charge in [-0.05, 0) is 81.6 Å². The Kier molecular flexibility index (Phi) is 8.09. The molecule has 2 aromatic heterocycles. The van der Waals surface area contributed by atoms with Gasteiger partial charge in [-0.1, -0.05) is 124 Å². The van der Waals surface area contributed by atoms with Gasteiger partial charge in [0.2, 0.25) is 0 Å². The van der Waals surface area contributed by atoms with Gasteiger partial charge in [0, 0.05) is 19.5 Å². The minimum absolute atomic E-state index is 1.17. The third-order valence-corrected chi connectivity index (χ3v) is 9.81. The van der Waals surface area contributed by atoms with Crippen LogP contribution in [0, 0.1) is 0 Å². The quantitative estimate of drug-likeness (QED) is 0.167. The van der Waals surface area contributed by atoms with Crippen LogP contribution in [0.5, 0.6) is 0 Å². The molecule has 0 saturated heterocycles. The van der Waals surface area contributed by atoms with Crippen LogP contribution in [0.1, 0.15) is 36.4 Å². The predicted molar refractivity (Wildman–Crippen MR) is 177 cm³/mol. The molecule has 0 bridgehead atoms. The van der Waals surface area contributed by atoms with Crippen LogP contribution < -0.4 is 0 Å². The maximum Gasteiger partial charge on any atom is 0.0345 e. The van der Waals surface area contributed by atoms with E-state index >= 15 is 0 Å². The number of rotatable bonds is 9. The summed E-state index contributed by atoms with van der Waals surface area (Å²) in [6, 6.07) is 44.9. The molecule has 0 aliphatic heterocycles. The molecule has 0 aliphatic carbocycles. The molecule has 0 saturated carbocycles. The molecular weight excluding hydrogens is 521 g/mol. The van der Waals surface area contributed by atoms with Crippen LogP contribution >= 0.6 is 22.7 Å². The van der Waals surface area contributed by atoms with Crippen molar-refractivity contribution in [2.45, 2.75) is 39.5 Å². The van der Waals surface area contributed by atoms with E-state index in [-0.39, 0.29) is 0 Å². The van der Waals surface area contributed by atoms with Crippen molar-refractivity contribution < 1.29 is 0 Å². The lowest BCUT2D eigenvalue weighted by molar-refractivity contribution is 0.940. The largest absolute Gasteiger partial charge is 0.140 e. The lowest BCUT2D eigenvalue weighted by Gasteiger charge is -2.08. The fourth-order valence-electron chi connectivity index (χ4n) is 5.19. The highest BCUT2D eigenvalue weighted by Crippen LogP contribution is 2.33. The van der Waals surface area contributed by atoms with Crippen molar-refractivity contribution in [2.24, 2.45) is 0 Å². The van der Waals surface area contributed by atoms with Gasteiger partial charge in [0.15, 0.2) is 0 Å². The van der Waals surface area contributed by atoms with E-state index in [4.69, 9.17) is 0 Å². The molecule has 0 amide bonds. The summed E-state index contributed by atoms with van der Waals surface area (Å²) in [6.07, 6.45) is 4.73. The molecule has 40 heavy (non-hydrogen) atoms. The van der Waals surface area contributed by atoms with E-state index in [0.29, 0.717) is 0 Å². The number of thiophene rings is 2. The molecule has 0 atom stereocenters. The smallest absolute Gasteiger partial charge is 0.0345 e. The zero-order chi connectivity index (χ0) is 27.3. The number of aryl methyl sites for hydroxylation is 2. The Morgan fingerprint density at radius 3 is 0.825 bits per heavy atom. The van der Waals surface area contributed by atoms with Crippen LogP contribution in [0.15, 0.2) is 121 Å². The minimum atomic E-state index is 1.17. The predicted octanol–water partition coefficient (Wildman–Crippen LogP) is 12.0. The maximum absolute atomic E-state index is 2.27. The standard InChI is InChI=1S/C38H34S2/c1-3-5-35-23-25-37(39-35)33-19-15-31(16-20-33)29-11-7-27(8-12-29)28-9-13-30(14-10-28)32-17-21-34(22-18-32)38-26-24-36(40-38)6-4-2/h7-26H,3-6H2,1-2H3. The summed E-state index contributed by atoms with van der Waals surface area (Å²) in [5.74, 6) is 0. The Morgan fingerprint density at radius 1 is 0.325 bits per heavy atom. The molecule has 0 fully saturated rings. The van der Waals surface area contributed by atoms with E-state index in [1.807, 2.05) is 22.7 Å². The number of benzene rings is 4. The molecular formula is C38H34S2. The molecule has 0 aliphatic rings. The van der Waals surface area contributed by atoms with E-state index in [0.717, 1.165) is 0 Å². The highest BCUT2D eigenvalue weighted by atomic mass is 32.1. The fraction of sp³-hybridized carbons (Fsp3) is 0.158. The van der Waals surface area contributed by atoms with Crippen molar-refractivity contribution in [1.29, 1.82) is 0 Å². The molecule has 0 spiro atoms. The third kappa shape index (κ3) is 5.89. The molecule has 2 heterocycles. The summed E-state index contributed by atoms with van der Waals surface area (Å²) in [4.78, 5) is 5.65. The van der Waals surface area contributed by atoms with Gasteiger partial charge < -0.3 is 0 Å². The Morgan fingerprint density at radius 2 is 0.575 bits per heavy atom. The first-order valence-corrected chi connectivity index (χ1v) is 15.9. The topological polar surface area (TPSA) is 0 Å². The summed E-state index contributed by atoms with van der Waals surface area (Å²) < 4.78 is 0. The summed E-state index contributed by atoms with van der Waals surface area (Å²) in [5.41, 5.74) is 10.1. The highest BCUT2D eigenvalue weighted by molar-refractivity contribution is 7.15. The normalized spacial score (nSPS) is 11.2. The van der Waals surface area contributed by atoms with Crippen molar-refractivity contribution in [3.8, 4) is 54.3 Å². The Hall–Kier alpha value is -3.72. The number of hydrogen-bond acceptors (Lipinski definition) is 2. The van der Waals surface area contributed by atoms with Crippen molar-refractivity contribution in [3.05, 3.63) is 131 Å². The van der Waals surface area contributed by atoms with E-state index in [9.17, 15) is 0 Å². The molecule has 0 nitrogen and oxygen atoms in total. The van der Waals surface area contributed by atoms with Crippen LogP contribution in [0.4, 0.5) is 0 Å². The minimum Gasteiger partial charge on any atom is -0.140 e. The zero-order valence-corrected chi connectivity index (χ0v) is 24.8. The van der Waals surface area contributed by atoms with Gasteiger partial charge in [-0.3, -0.25) is 0 Å². The van der Waals surface area contributed by atoms with Crippen LogP contribution in [-0.2, 0) is 12.8 Å². The van der Waals surface area contributed by atoms with Gasteiger partial charge in [0.05, 0.1) is 0 Å².